The molecule has 0 radical (unpaired) electrons. The molecule has 0 spiro atoms. The van der Waals surface area contributed by atoms with E-state index in [4.69, 9.17) is 0 Å². The van der Waals surface area contributed by atoms with Gasteiger partial charge in [0.1, 0.15) is 5.69 Å². The molecule has 3 rings (SSSR count). The largest absolute Gasteiger partial charge is 0.351 e. The number of hydrogen-bond donors (Lipinski definition) is 2. The van der Waals surface area contributed by atoms with Crippen molar-refractivity contribution in [3.63, 3.8) is 0 Å². The summed E-state index contributed by atoms with van der Waals surface area (Å²) in [7, 11) is 0. The van der Waals surface area contributed by atoms with Crippen LogP contribution in [0.3, 0.4) is 0 Å². The van der Waals surface area contributed by atoms with Gasteiger partial charge in [0.2, 0.25) is 5.95 Å². The topological polar surface area (TPSA) is 66.9 Å². The van der Waals surface area contributed by atoms with E-state index in [9.17, 15) is 4.79 Å². The van der Waals surface area contributed by atoms with Crippen molar-refractivity contribution >= 4 is 17.5 Å². The number of nitrogens with zero attached hydrogens (tertiary/aromatic N) is 2. The highest BCUT2D eigenvalue weighted by molar-refractivity contribution is 6.03. The maximum Gasteiger partial charge on any atom is 0.274 e. The molecule has 1 fully saturated rings. The van der Waals surface area contributed by atoms with Gasteiger partial charge in [-0.2, -0.15) is 0 Å². The molecular weight excluding hydrogens is 276 g/mol. The van der Waals surface area contributed by atoms with E-state index in [-0.39, 0.29) is 5.91 Å². The summed E-state index contributed by atoms with van der Waals surface area (Å²) in [5.41, 5.74) is 2.32. The minimum Gasteiger partial charge on any atom is -0.351 e. The van der Waals surface area contributed by atoms with Gasteiger partial charge in [0, 0.05) is 17.9 Å². The third-order valence-corrected chi connectivity index (χ3v) is 3.63. The molecule has 1 saturated carbocycles. The van der Waals surface area contributed by atoms with Gasteiger partial charge in [0.15, 0.2) is 0 Å². The highest BCUT2D eigenvalue weighted by Gasteiger charge is 2.22. The van der Waals surface area contributed by atoms with E-state index in [1.807, 2.05) is 24.3 Å². The molecule has 22 heavy (non-hydrogen) atoms. The molecule has 1 aromatic heterocycles. The van der Waals surface area contributed by atoms with Crippen molar-refractivity contribution in [2.45, 2.75) is 38.6 Å². The number of anilines is 2. The van der Waals surface area contributed by atoms with Gasteiger partial charge in [-0.1, -0.05) is 32.0 Å². The third kappa shape index (κ3) is 3.42. The first-order valence-electron chi connectivity index (χ1n) is 7.63. The van der Waals surface area contributed by atoms with Crippen molar-refractivity contribution in [3.8, 4) is 0 Å². The molecule has 114 valence electrons. The Morgan fingerprint density at radius 2 is 2.00 bits per heavy atom. The lowest BCUT2D eigenvalue weighted by Crippen LogP contribution is -2.17. The van der Waals surface area contributed by atoms with Crippen LogP contribution in [0.25, 0.3) is 0 Å². The van der Waals surface area contributed by atoms with Crippen LogP contribution >= 0.6 is 0 Å². The van der Waals surface area contributed by atoms with Crippen LogP contribution in [0.1, 0.15) is 48.7 Å². The first-order valence-corrected chi connectivity index (χ1v) is 7.63. The average Bonchev–Trinajstić information content (AvgIpc) is 3.32. The van der Waals surface area contributed by atoms with E-state index in [0.29, 0.717) is 23.6 Å². The number of carbonyl (C=O) groups excluding carboxylic acids is 1. The van der Waals surface area contributed by atoms with Gasteiger partial charge in [-0.05, 0) is 36.5 Å². The second-order valence-corrected chi connectivity index (χ2v) is 5.88. The Morgan fingerprint density at radius 3 is 2.73 bits per heavy atom. The Hall–Kier alpha value is -2.43. The maximum absolute atomic E-state index is 12.4. The van der Waals surface area contributed by atoms with Crippen LogP contribution in [0.2, 0.25) is 0 Å². The quantitative estimate of drug-likeness (QED) is 0.887. The third-order valence-electron chi connectivity index (χ3n) is 3.63. The monoisotopic (exact) mass is 296 g/mol. The normalized spacial score (nSPS) is 14.0. The van der Waals surface area contributed by atoms with Crippen LogP contribution in [0.5, 0.6) is 0 Å². The number of carbonyl (C=O) groups is 1. The van der Waals surface area contributed by atoms with Crippen LogP contribution in [-0.2, 0) is 0 Å². The van der Waals surface area contributed by atoms with Crippen LogP contribution in [0.15, 0.2) is 36.5 Å². The molecular formula is C17H20N4O. The SMILES string of the molecule is CC(C)c1ccccc1NC(=O)c1ccnc(NC2CC2)n1. The highest BCUT2D eigenvalue weighted by Crippen LogP contribution is 2.25. The predicted octanol–water partition coefficient (Wildman–Crippen LogP) is 3.43. The van der Waals surface area contributed by atoms with Gasteiger partial charge < -0.3 is 10.6 Å². The molecule has 1 aliphatic carbocycles. The number of hydrogen-bond acceptors (Lipinski definition) is 4. The second-order valence-electron chi connectivity index (χ2n) is 5.88. The lowest BCUT2D eigenvalue weighted by molar-refractivity contribution is 0.102. The zero-order valence-corrected chi connectivity index (χ0v) is 12.8. The van der Waals surface area contributed by atoms with Crippen LogP contribution in [-0.4, -0.2) is 21.9 Å². The second kappa shape index (κ2) is 6.13. The standard InChI is InChI=1S/C17H20N4O/c1-11(2)13-5-3-4-6-14(13)20-16(22)15-9-10-18-17(21-15)19-12-7-8-12/h3-6,9-12H,7-8H2,1-2H3,(H,20,22)(H,18,19,21). The Labute approximate surface area is 130 Å². The van der Waals surface area contributed by atoms with Crippen molar-refractivity contribution in [1.29, 1.82) is 0 Å². The zero-order chi connectivity index (χ0) is 15.5. The molecule has 0 saturated heterocycles. The summed E-state index contributed by atoms with van der Waals surface area (Å²) >= 11 is 0. The lowest BCUT2D eigenvalue weighted by Gasteiger charge is -2.13. The van der Waals surface area contributed by atoms with E-state index < -0.39 is 0 Å². The zero-order valence-electron chi connectivity index (χ0n) is 12.8. The first-order chi connectivity index (χ1) is 10.6. The smallest absolute Gasteiger partial charge is 0.274 e. The van der Waals surface area contributed by atoms with Gasteiger partial charge in [-0.3, -0.25) is 4.79 Å². The van der Waals surface area contributed by atoms with E-state index in [2.05, 4.69) is 34.4 Å². The maximum atomic E-state index is 12.4. The van der Waals surface area contributed by atoms with Gasteiger partial charge in [-0.15, -0.1) is 0 Å². The molecule has 1 amide bonds. The molecule has 1 aromatic carbocycles. The predicted molar refractivity (Wildman–Crippen MR) is 87.2 cm³/mol. The van der Waals surface area contributed by atoms with Gasteiger partial charge in [0.25, 0.3) is 5.91 Å². The molecule has 0 bridgehead atoms. The molecule has 1 heterocycles. The summed E-state index contributed by atoms with van der Waals surface area (Å²) in [5.74, 6) is 0.649. The fourth-order valence-electron chi connectivity index (χ4n) is 2.27. The molecule has 2 N–H and O–H groups in total. The Bertz CT molecular complexity index is 680. The van der Waals surface area contributed by atoms with E-state index in [1.165, 1.54) is 0 Å². The molecule has 0 atom stereocenters. The molecule has 5 heteroatoms. The molecule has 2 aromatic rings. The number of para-hydroxylation sites is 1. The fraction of sp³-hybridized carbons (Fsp3) is 0.353. The lowest BCUT2D eigenvalue weighted by atomic mass is 10.0. The number of aromatic nitrogens is 2. The number of amides is 1. The number of benzene rings is 1. The van der Waals surface area contributed by atoms with Crippen molar-refractivity contribution in [2.24, 2.45) is 0 Å². The average molecular weight is 296 g/mol. The summed E-state index contributed by atoms with van der Waals surface area (Å²) in [6.07, 6.45) is 3.89. The summed E-state index contributed by atoms with van der Waals surface area (Å²) in [4.78, 5) is 20.9. The Morgan fingerprint density at radius 1 is 1.23 bits per heavy atom. The van der Waals surface area contributed by atoms with Gasteiger partial charge >= 0.3 is 0 Å². The van der Waals surface area contributed by atoms with E-state index in [1.54, 1.807) is 12.3 Å². The summed E-state index contributed by atoms with van der Waals surface area (Å²) in [5, 5.41) is 6.15. The molecule has 1 aliphatic rings. The van der Waals surface area contributed by atoms with Crippen molar-refractivity contribution < 1.29 is 4.79 Å². The Kier molecular flexibility index (Phi) is 4.04. The highest BCUT2D eigenvalue weighted by atomic mass is 16.1. The first kappa shape index (κ1) is 14.5. The minimum atomic E-state index is -0.214. The minimum absolute atomic E-state index is 0.214. The van der Waals surface area contributed by atoms with Gasteiger partial charge in [-0.25, -0.2) is 9.97 Å². The molecule has 0 unspecified atom stereocenters. The van der Waals surface area contributed by atoms with E-state index in [0.717, 1.165) is 24.1 Å². The Balaban J connectivity index is 1.76. The summed E-state index contributed by atoms with van der Waals surface area (Å²) < 4.78 is 0. The molecule has 5 nitrogen and oxygen atoms in total. The van der Waals surface area contributed by atoms with Crippen LogP contribution in [0, 0.1) is 0 Å². The van der Waals surface area contributed by atoms with E-state index >= 15 is 0 Å². The molecule has 0 aliphatic heterocycles. The summed E-state index contributed by atoms with van der Waals surface area (Å²) in [6.45, 7) is 4.21. The van der Waals surface area contributed by atoms with Crippen LogP contribution < -0.4 is 10.6 Å². The number of rotatable bonds is 5. The van der Waals surface area contributed by atoms with Gasteiger partial charge in [0.05, 0.1) is 0 Å². The fourth-order valence-corrected chi connectivity index (χ4v) is 2.27. The van der Waals surface area contributed by atoms with Crippen molar-refractivity contribution in [1.82, 2.24) is 9.97 Å². The van der Waals surface area contributed by atoms with Crippen molar-refractivity contribution in [2.75, 3.05) is 10.6 Å². The summed E-state index contributed by atoms with van der Waals surface area (Å²) in [6, 6.07) is 9.93. The van der Waals surface area contributed by atoms with Crippen molar-refractivity contribution in [3.05, 3.63) is 47.8 Å². The van der Waals surface area contributed by atoms with Crippen LogP contribution in [0.4, 0.5) is 11.6 Å². The number of nitrogens with one attached hydrogen (secondary N) is 2.